The van der Waals surface area contributed by atoms with Crippen LogP contribution in [0, 0.1) is 5.82 Å². The Morgan fingerprint density at radius 3 is 2.84 bits per heavy atom. The molecule has 0 N–H and O–H groups in total. The second kappa shape index (κ2) is 4.84. The van der Waals surface area contributed by atoms with Gasteiger partial charge in [0.2, 0.25) is 5.88 Å². The largest absolute Gasteiger partial charge is 0.472 e. The molecule has 0 fully saturated rings. The van der Waals surface area contributed by atoms with Gasteiger partial charge in [0.1, 0.15) is 18.1 Å². The molecule has 5 heteroatoms. The highest BCUT2D eigenvalue weighted by Gasteiger charge is 2.20. The van der Waals surface area contributed by atoms with E-state index in [0.717, 1.165) is 18.5 Å². The number of carbonyl (C=O) groups is 1. The Morgan fingerprint density at radius 1 is 1.32 bits per heavy atom. The van der Waals surface area contributed by atoms with E-state index in [1.165, 1.54) is 12.1 Å². The number of halogens is 1. The summed E-state index contributed by atoms with van der Waals surface area (Å²) in [6.07, 6.45) is 1.40. The first-order valence-electron chi connectivity index (χ1n) is 6.21. The van der Waals surface area contributed by atoms with Gasteiger partial charge in [-0.15, -0.1) is 5.10 Å². The van der Waals surface area contributed by atoms with Crippen LogP contribution in [-0.2, 0) is 13.2 Å². The van der Waals surface area contributed by atoms with E-state index in [2.05, 4.69) is 5.10 Å². The van der Waals surface area contributed by atoms with Crippen LogP contribution >= 0.6 is 0 Å². The van der Waals surface area contributed by atoms with Gasteiger partial charge in [0.05, 0.1) is 0 Å². The minimum atomic E-state index is -0.271. The average Bonchev–Trinajstić information content (AvgIpc) is 2.83. The van der Waals surface area contributed by atoms with Crippen LogP contribution in [-0.4, -0.2) is 15.6 Å². The summed E-state index contributed by atoms with van der Waals surface area (Å²) in [6.45, 7) is 1.06. The Bertz CT molecular complexity index is 604. The molecule has 3 rings (SSSR count). The number of nitrogens with zero attached hydrogens (tertiary/aromatic N) is 2. The Labute approximate surface area is 109 Å². The predicted molar refractivity (Wildman–Crippen MR) is 66.5 cm³/mol. The number of aromatic nitrogens is 2. The summed E-state index contributed by atoms with van der Waals surface area (Å²) in [4.78, 5) is 11.7. The highest BCUT2D eigenvalue weighted by molar-refractivity contribution is 5.95. The van der Waals surface area contributed by atoms with E-state index in [0.29, 0.717) is 24.6 Å². The average molecular weight is 260 g/mol. The Morgan fingerprint density at radius 2 is 2.11 bits per heavy atom. The maximum Gasteiger partial charge on any atom is 0.233 e. The first-order valence-corrected chi connectivity index (χ1v) is 6.21. The fraction of sp³-hybridized carbons (Fsp3) is 0.286. The van der Waals surface area contributed by atoms with Crippen molar-refractivity contribution in [1.82, 2.24) is 9.78 Å². The lowest BCUT2D eigenvalue weighted by atomic mass is 10.1. The molecule has 0 amide bonds. The fourth-order valence-corrected chi connectivity index (χ4v) is 2.11. The minimum absolute atomic E-state index is 0.107. The lowest BCUT2D eigenvalue weighted by molar-refractivity contribution is 0.0951. The number of fused-ring (bicyclic) bond motifs is 1. The van der Waals surface area contributed by atoms with Crippen LogP contribution in [0.25, 0.3) is 0 Å². The zero-order valence-corrected chi connectivity index (χ0v) is 10.3. The van der Waals surface area contributed by atoms with Crippen LogP contribution in [0.15, 0.2) is 30.3 Å². The maximum atomic E-state index is 12.8. The lowest BCUT2D eigenvalue weighted by Crippen LogP contribution is -2.16. The van der Waals surface area contributed by atoms with Crippen molar-refractivity contribution >= 4 is 5.78 Å². The fourth-order valence-electron chi connectivity index (χ4n) is 2.11. The van der Waals surface area contributed by atoms with Crippen molar-refractivity contribution in [2.45, 2.75) is 26.0 Å². The summed E-state index contributed by atoms with van der Waals surface area (Å²) in [5, 5.41) is 4.23. The van der Waals surface area contributed by atoms with E-state index >= 15 is 0 Å². The first-order chi connectivity index (χ1) is 9.22. The van der Waals surface area contributed by atoms with E-state index in [1.807, 2.05) is 0 Å². The Balaban J connectivity index is 1.70. The number of carbonyl (C=O) groups excluding carboxylic acids is 1. The molecular weight excluding hydrogens is 247 g/mol. The number of aryl methyl sites for hydroxylation is 1. The highest BCUT2D eigenvalue weighted by atomic mass is 19.1. The number of hydrogen-bond donors (Lipinski definition) is 0. The summed E-state index contributed by atoms with van der Waals surface area (Å²) >= 11 is 0. The molecule has 2 aromatic rings. The van der Waals surface area contributed by atoms with E-state index in [-0.39, 0.29) is 11.6 Å². The van der Waals surface area contributed by atoms with Gasteiger partial charge >= 0.3 is 0 Å². The van der Waals surface area contributed by atoms with Gasteiger partial charge in [-0.2, -0.15) is 0 Å². The Hall–Kier alpha value is -2.17. The van der Waals surface area contributed by atoms with Gasteiger partial charge in [0.15, 0.2) is 5.78 Å². The van der Waals surface area contributed by atoms with E-state index in [4.69, 9.17) is 4.74 Å². The Kier molecular flexibility index (Phi) is 3.03. The summed E-state index contributed by atoms with van der Waals surface area (Å²) < 4.78 is 20.0. The topological polar surface area (TPSA) is 44.1 Å². The van der Waals surface area contributed by atoms with Gasteiger partial charge in [0, 0.05) is 19.0 Å². The standard InChI is InChI=1S/C14H13FN2O2/c15-11-5-3-10(4-6-11)9-19-14-8-12-13(18)2-1-7-17(12)16-14/h3-6,8H,1-2,7,9H2. The summed E-state index contributed by atoms with van der Waals surface area (Å²) in [5.74, 6) is 0.275. The lowest BCUT2D eigenvalue weighted by Gasteiger charge is -2.10. The predicted octanol–water partition coefficient (Wildman–Crippen LogP) is 2.58. The van der Waals surface area contributed by atoms with Crippen LogP contribution in [0.1, 0.15) is 28.9 Å². The number of Topliss-reactive ketones (excluding diaryl/α,β-unsaturated/α-hetero) is 1. The molecule has 1 aromatic carbocycles. The van der Waals surface area contributed by atoms with Crippen molar-refractivity contribution in [3.63, 3.8) is 0 Å². The second-order valence-electron chi connectivity index (χ2n) is 4.53. The van der Waals surface area contributed by atoms with Gasteiger partial charge in [-0.1, -0.05) is 12.1 Å². The van der Waals surface area contributed by atoms with Crippen molar-refractivity contribution < 1.29 is 13.9 Å². The van der Waals surface area contributed by atoms with Crippen molar-refractivity contribution in [3.8, 4) is 5.88 Å². The zero-order valence-electron chi connectivity index (χ0n) is 10.3. The van der Waals surface area contributed by atoms with Crippen LogP contribution in [0.3, 0.4) is 0 Å². The highest BCUT2D eigenvalue weighted by Crippen LogP contribution is 2.20. The van der Waals surface area contributed by atoms with Crippen LogP contribution in [0.4, 0.5) is 4.39 Å². The molecule has 0 radical (unpaired) electrons. The molecule has 0 spiro atoms. The molecule has 19 heavy (non-hydrogen) atoms. The summed E-state index contributed by atoms with van der Waals surface area (Å²) in [5.41, 5.74) is 1.47. The quantitative estimate of drug-likeness (QED) is 0.852. The van der Waals surface area contributed by atoms with Gasteiger partial charge < -0.3 is 4.74 Å². The molecule has 1 aromatic heterocycles. The monoisotopic (exact) mass is 260 g/mol. The van der Waals surface area contributed by atoms with Gasteiger partial charge in [-0.25, -0.2) is 4.39 Å². The van der Waals surface area contributed by atoms with E-state index in [1.54, 1.807) is 22.9 Å². The molecule has 0 aliphatic carbocycles. The van der Waals surface area contributed by atoms with Gasteiger partial charge in [0.25, 0.3) is 0 Å². The smallest absolute Gasteiger partial charge is 0.233 e. The maximum absolute atomic E-state index is 12.8. The van der Waals surface area contributed by atoms with Crippen molar-refractivity contribution in [2.24, 2.45) is 0 Å². The molecule has 2 heterocycles. The minimum Gasteiger partial charge on any atom is -0.472 e. The molecule has 0 atom stereocenters. The zero-order chi connectivity index (χ0) is 13.2. The van der Waals surface area contributed by atoms with Crippen LogP contribution in [0.2, 0.25) is 0 Å². The molecule has 0 bridgehead atoms. The van der Waals surface area contributed by atoms with Crippen molar-refractivity contribution in [3.05, 3.63) is 47.4 Å². The third-order valence-corrected chi connectivity index (χ3v) is 3.12. The number of rotatable bonds is 3. The molecule has 98 valence electrons. The van der Waals surface area contributed by atoms with Gasteiger partial charge in [-0.05, 0) is 24.1 Å². The normalized spacial score (nSPS) is 14.3. The molecule has 0 saturated carbocycles. The molecule has 4 nitrogen and oxygen atoms in total. The van der Waals surface area contributed by atoms with Gasteiger partial charge in [-0.3, -0.25) is 9.48 Å². The number of ketones is 1. The summed E-state index contributed by atoms with van der Waals surface area (Å²) in [7, 11) is 0. The molecular formula is C14H13FN2O2. The molecule has 0 unspecified atom stereocenters. The number of ether oxygens (including phenoxy) is 1. The summed E-state index contributed by atoms with van der Waals surface area (Å²) in [6, 6.07) is 7.78. The third-order valence-electron chi connectivity index (χ3n) is 3.12. The molecule has 0 saturated heterocycles. The molecule has 1 aliphatic heterocycles. The first kappa shape index (κ1) is 11.9. The van der Waals surface area contributed by atoms with E-state index in [9.17, 15) is 9.18 Å². The SMILES string of the molecule is O=C1CCCn2nc(OCc3ccc(F)cc3)cc21. The van der Waals surface area contributed by atoms with Crippen LogP contribution < -0.4 is 4.74 Å². The third kappa shape index (κ3) is 2.50. The number of hydrogen-bond acceptors (Lipinski definition) is 3. The van der Waals surface area contributed by atoms with Crippen LogP contribution in [0.5, 0.6) is 5.88 Å². The molecule has 1 aliphatic rings. The van der Waals surface area contributed by atoms with Crippen molar-refractivity contribution in [2.75, 3.05) is 0 Å². The van der Waals surface area contributed by atoms with E-state index < -0.39 is 0 Å². The van der Waals surface area contributed by atoms with Crippen molar-refractivity contribution in [1.29, 1.82) is 0 Å². The number of benzene rings is 1. The second-order valence-corrected chi connectivity index (χ2v) is 4.53.